The molecule has 4 aliphatic rings. The minimum Gasteiger partial charge on any atom is -0.436 e. The van der Waals surface area contributed by atoms with Crippen molar-refractivity contribution in [3.63, 3.8) is 0 Å². The Morgan fingerprint density at radius 1 is 0.569 bits per heavy atom. The monoisotopic (exact) mass is 879 g/mol. The molecule has 18 nitrogen and oxygen atoms in total. The molecule has 4 saturated heterocycles. The van der Waals surface area contributed by atoms with Gasteiger partial charge in [0.1, 0.15) is 25.2 Å². The summed E-state index contributed by atoms with van der Waals surface area (Å²) in [6, 6.07) is 29.2. The number of oxazole rings is 1. The molecular weight excluding hydrogens is 839 g/mol. The molecule has 1 aromatic heterocycles. The predicted octanol–water partition coefficient (Wildman–Crippen LogP) is 5.31. The number of anilines is 2. The van der Waals surface area contributed by atoms with E-state index in [1.165, 1.54) is 9.80 Å². The highest BCUT2D eigenvalue weighted by molar-refractivity contribution is 6.05. The van der Waals surface area contributed by atoms with Crippen molar-refractivity contribution < 1.29 is 52.2 Å². The molecule has 5 heterocycles. The summed E-state index contributed by atoms with van der Waals surface area (Å²) in [5.74, 6) is -2.39. The lowest BCUT2D eigenvalue weighted by Gasteiger charge is -2.25. The first-order valence-corrected chi connectivity index (χ1v) is 21.0. The number of aromatic nitrogens is 1. The van der Waals surface area contributed by atoms with Gasteiger partial charge in [-0.2, -0.15) is 0 Å². The zero-order chi connectivity index (χ0) is 45.2. The molecule has 0 bridgehead atoms. The maximum Gasteiger partial charge on any atom is 0.418 e. The van der Waals surface area contributed by atoms with Gasteiger partial charge in [-0.15, -0.1) is 0 Å². The van der Waals surface area contributed by atoms with Gasteiger partial charge in [0, 0.05) is 46.7 Å². The van der Waals surface area contributed by atoms with E-state index in [0.29, 0.717) is 84.1 Å². The summed E-state index contributed by atoms with van der Waals surface area (Å²) in [5, 5.41) is 5.71. The minimum atomic E-state index is -1.13. The third kappa shape index (κ3) is 8.65. The van der Waals surface area contributed by atoms with Gasteiger partial charge in [0.05, 0.1) is 6.20 Å². The number of benzene rings is 4. The first-order chi connectivity index (χ1) is 31.5. The lowest BCUT2D eigenvalue weighted by molar-refractivity contribution is -0.140. The van der Waals surface area contributed by atoms with Gasteiger partial charge in [0.2, 0.25) is 41.7 Å². The number of cyclic esters (lactones) is 2. The van der Waals surface area contributed by atoms with E-state index < -0.39 is 85.0 Å². The highest BCUT2D eigenvalue weighted by Gasteiger charge is 2.46. The summed E-state index contributed by atoms with van der Waals surface area (Å²) in [6.07, 6.45) is -0.559. The second kappa shape index (κ2) is 17.9. The Morgan fingerprint density at radius 2 is 1.00 bits per heavy atom. The Kier molecular flexibility index (Phi) is 11.6. The van der Waals surface area contributed by atoms with Crippen molar-refractivity contribution in [2.24, 2.45) is 0 Å². The Morgan fingerprint density at radius 3 is 1.45 bits per heavy atom. The zero-order valence-electron chi connectivity index (χ0n) is 34.7. The van der Waals surface area contributed by atoms with Gasteiger partial charge in [-0.1, -0.05) is 60.7 Å². The van der Waals surface area contributed by atoms with Crippen LogP contribution in [0.2, 0.25) is 0 Å². The van der Waals surface area contributed by atoms with Crippen molar-refractivity contribution in [1.29, 1.82) is 0 Å². The van der Waals surface area contributed by atoms with Crippen LogP contribution in [0, 0.1) is 0 Å². The molecule has 2 N–H and O–H groups in total. The maximum absolute atomic E-state index is 13.4. The molecule has 9 rings (SSSR count). The van der Waals surface area contributed by atoms with Crippen molar-refractivity contribution in [2.75, 3.05) is 36.8 Å². The first kappa shape index (κ1) is 42.2. The van der Waals surface area contributed by atoms with Crippen LogP contribution in [-0.2, 0) is 38.2 Å². The Labute approximate surface area is 371 Å². The molecule has 4 fully saturated rings. The first-order valence-electron chi connectivity index (χ1n) is 21.0. The predicted molar refractivity (Wildman–Crippen MR) is 229 cm³/mol. The van der Waals surface area contributed by atoms with E-state index in [1.807, 2.05) is 0 Å². The molecule has 4 unspecified atom stereocenters. The van der Waals surface area contributed by atoms with Gasteiger partial charge >= 0.3 is 12.2 Å². The van der Waals surface area contributed by atoms with Gasteiger partial charge in [-0.3, -0.25) is 28.8 Å². The SMILES string of the molecule is O=C(Nc1ccc(-c2cnc(-c3ccc(NC(=O)C4CCCN4C(=O)CN4C(=O)OC(c5ccccc5)C4=O)cc3)o2)cc1)C1CCCN1C(=O)CN1C(=O)OC(c2ccccc2)C1=O. The summed E-state index contributed by atoms with van der Waals surface area (Å²) in [4.78, 5) is 113. The maximum atomic E-state index is 13.4. The molecule has 8 amide bonds. The number of carbonyl (C=O) groups excluding carboxylic acids is 8. The molecule has 65 heavy (non-hydrogen) atoms. The fourth-order valence-electron chi connectivity index (χ4n) is 8.39. The Bertz CT molecular complexity index is 2490. The number of likely N-dealkylation sites (tertiary alicyclic amines) is 2. The van der Waals surface area contributed by atoms with Crippen LogP contribution in [0.1, 0.15) is 49.0 Å². The summed E-state index contributed by atoms with van der Waals surface area (Å²) < 4.78 is 16.6. The molecule has 5 aromatic rings. The number of ether oxygens (including phenoxy) is 2. The quantitative estimate of drug-likeness (QED) is 0.163. The zero-order valence-corrected chi connectivity index (χ0v) is 34.7. The lowest BCUT2D eigenvalue weighted by Crippen LogP contribution is -2.48. The number of hydrogen-bond donors (Lipinski definition) is 2. The second-order valence-corrected chi connectivity index (χ2v) is 15.9. The number of imide groups is 2. The van der Waals surface area contributed by atoms with Gasteiger partial charge in [-0.05, 0) is 74.2 Å². The van der Waals surface area contributed by atoms with Crippen molar-refractivity contribution in [1.82, 2.24) is 24.6 Å². The van der Waals surface area contributed by atoms with E-state index >= 15 is 0 Å². The van der Waals surface area contributed by atoms with E-state index in [0.717, 1.165) is 9.80 Å². The number of hydrogen-bond acceptors (Lipinski definition) is 12. The molecule has 0 aliphatic carbocycles. The Hall–Kier alpha value is -8.15. The number of amides is 8. The molecule has 0 spiro atoms. The van der Waals surface area contributed by atoms with E-state index in [-0.39, 0.29) is 0 Å². The second-order valence-electron chi connectivity index (χ2n) is 15.9. The van der Waals surface area contributed by atoms with Crippen LogP contribution < -0.4 is 10.6 Å². The number of nitrogens with zero attached hydrogens (tertiary/aromatic N) is 5. The number of carbonyl (C=O) groups is 8. The average Bonchev–Trinajstić information content (AvgIpc) is 4.19. The summed E-state index contributed by atoms with van der Waals surface area (Å²) in [7, 11) is 0. The Balaban J connectivity index is 0.763. The fraction of sp³-hybridized carbons (Fsp3) is 0.255. The summed E-state index contributed by atoms with van der Waals surface area (Å²) in [5.41, 5.74) is 3.26. The number of rotatable bonds is 12. The van der Waals surface area contributed by atoms with Crippen molar-refractivity contribution in [3.05, 3.63) is 127 Å². The van der Waals surface area contributed by atoms with Crippen LogP contribution in [0.15, 0.2) is 120 Å². The van der Waals surface area contributed by atoms with Crippen LogP contribution in [0.25, 0.3) is 22.8 Å². The van der Waals surface area contributed by atoms with Gasteiger partial charge in [0.15, 0.2) is 5.76 Å². The molecule has 18 heteroatoms. The lowest BCUT2D eigenvalue weighted by atomic mass is 10.1. The summed E-state index contributed by atoms with van der Waals surface area (Å²) >= 11 is 0. The van der Waals surface area contributed by atoms with Crippen LogP contribution in [0.3, 0.4) is 0 Å². The van der Waals surface area contributed by atoms with Crippen molar-refractivity contribution in [2.45, 2.75) is 50.0 Å². The van der Waals surface area contributed by atoms with Crippen LogP contribution in [0.5, 0.6) is 0 Å². The summed E-state index contributed by atoms with van der Waals surface area (Å²) in [6.45, 7) is -0.483. The largest absolute Gasteiger partial charge is 0.436 e. The topological polar surface area (TPSA) is 218 Å². The molecular formula is C47H41N7O11. The normalized spacial score (nSPS) is 20.6. The molecule has 4 aliphatic heterocycles. The molecule has 4 atom stereocenters. The molecule has 4 aromatic carbocycles. The van der Waals surface area contributed by atoms with E-state index in [2.05, 4.69) is 15.6 Å². The third-order valence-corrected chi connectivity index (χ3v) is 11.7. The highest BCUT2D eigenvalue weighted by atomic mass is 16.6. The number of nitrogens with one attached hydrogen (secondary N) is 2. The van der Waals surface area contributed by atoms with Gasteiger partial charge < -0.3 is 34.3 Å². The van der Waals surface area contributed by atoms with E-state index in [1.54, 1.807) is 115 Å². The van der Waals surface area contributed by atoms with Crippen molar-refractivity contribution in [3.8, 4) is 22.8 Å². The molecule has 0 radical (unpaired) electrons. The van der Waals surface area contributed by atoms with Crippen LogP contribution >= 0.6 is 0 Å². The molecule has 330 valence electrons. The van der Waals surface area contributed by atoms with E-state index in [4.69, 9.17) is 13.9 Å². The van der Waals surface area contributed by atoms with Gasteiger partial charge in [0.25, 0.3) is 11.8 Å². The van der Waals surface area contributed by atoms with Gasteiger partial charge in [-0.25, -0.2) is 24.4 Å². The highest BCUT2D eigenvalue weighted by Crippen LogP contribution is 2.32. The standard InChI is InChI=1S/C47H41N7O11/c55-37(26-53-44(59)39(64-46(53)61)29-9-3-1-4-10-29)51-23-7-13-34(51)41(57)49-32-19-15-28(16-20-32)36-25-48-43(63-36)31-17-21-33(22-18-31)50-42(58)35-14-8-24-52(35)38(56)27-54-45(60)40(65-47(54)62)30-11-5-2-6-12-30/h1-6,9-12,15-22,25,34-35,39-40H,7-8,13-14,23-24,26-27H2,(H,49,57)(H,50,58). The van der Waals surface area contributed by atoms with Crippen molar-refractivity contribution >= 4 is 59.0 Å². The smallest absolute Gasteiger partial charge is 0.418 e. The fourth-order valence-corrected chi connectivity index (χ4v) is 8.39. The minimum absolute atomic E-state index is 0.294. The van der Waals surface area contributed by atoms with Crippen LogP contribution in [0.4, 0.5) is 21.0 Å². The van der Waals surface area contributed by atoms with Crippen LogP contribution in [-0.4, -0.2) is 110 Å². The third-order valence-electron chi connectivity index (χ3n) is 11.7. The molecule has 0 saturated carbocycles. The average molecular weight is 880 g/mol. The van der Waals surface area contributed by atoms with E-state index in [9.17, 15) is 38.4 Å².